The molecule has 0 atom stereocenters. The van der Waals surface area contributed by atoms with Gasteiger partial charge in [-0.25, -0.2) is 19.9 Å². The SMILES string of the molecule is CCCC[N+](CCCC)(CCCC)CCCC.CCCC[N+](CCCC)(CCCC)CCCC.CCCC[N+](CCCC)(CCCC)CCCC.O=C([O-])c1ccnc(-c2cc(C(=O)[O-])cc(-c3nc(N=C=S)c(N=C=S)c(C(=O)[O-])c3N=C=S)n2)c1.O=C([O-])c1ccnc(-c2cc(C(=O)[O-])cc(-c3nc(N=C=S)c(N=C=S)c(C(=O)[O-])c3N=C=S)n2)c1.[Ru+2].[Ru+2].[Ru+4]. The smallest absolute Gasteiger partial charge is 0.545 e. The molecule has 6 aromatic heterocycles. The zero-order chi connectivity index (χ0) is 91.8. The van der Waals surface area contributed by atoms with Crippen LogP contribution in [0.25, 0.3) is 45.6 Å². The van der Waals surface area contributed by atoms with Gasteiger partial charge < -0.3 is 72.9 Å². The van der Waals surface area contributed by atoms with Gasteiger partial charge in [-0.05, 0) is 199 Å². The van der Waals surface area contributed by atoms with Crippen molar-refractivity contribution in [3.63, 3.8) is 0 Å². The van der Waals surface area contributed by atoms with Gasteiger partial charge in [0.05, 0.1) is 191 Å². The molecule has 0 aliphatic heterocycles. The van der Waals surface area contributed by atoms with E-state index >= 15 is 0 Å². The predicted molar refractivity (Wildman–Crippen MR) is 494 cm³/mol. The fraction of sp³-hybridized carbons (Fsp3) is 0.533. The summed E-state index contributed by atoms with van der Waals surface area (Å²) in [7, 11) is 0. The molecule has 126 heavy (non-hydrogen) atoms. The average Bonchev–Trinajstić information content (AvgIpc) is 0.767. The summed E-state index contributed by atoms with van der Waals surface area (Å²) in [5.41, 5.74) is -6.21. The number of quaternary nitrogens is 3. The second-order valence-electron chi connectivity index (χ2n) is 29.7. The van der Waals surface area contributed by atoms with Crippen LogP contribution in [0.3, 0.4) is 0 Å². The van der Waals surface area contributed by atoms with Gasteiger partial charge in [0.2, 0.25) is 0 Å². The van der Waals surface area contributed by atoms with Crippen LogP contribution >= 0.6 is 73.3 Å². The van der Waals surface area contributed by atoms with Gasteiger partial charge in [-0.3, -0.25) is 9.97 Å². The molecule has 0 aromatic carbocycles. The Morgan fingerprint density at radius 3 is 0.675 bits per heavy atom. The van der Waals surface area contributed by atoms with Gasteiger partial charge in [-0.15, -0.1) is 0 Å². The number of hydrogen-bond donors (Lipinski definition) is 0. The fourth-order valence-corrected chi connectivity index (χ4v) is 14.4. The van der Waals surface area contributed by atoms with E-state index in [1.54, 1.807) is 0 Å². The molecule has 6 rings (SSSR count). The minimum Gasteiger partial charge on any atom is -0.545 e. The largest absolute Gasteiger partial charge is 4.00 e. The van der Waals surface area contributed by atoms with Crippen molar-refractivity contribution in [1.82, 2.24) is 29.9 Å². The van der Waals surface area contributed by atoms with E-state index in [0.29, 0.717) is 0 Å². The number of aliphatic imine (C=N–C) groups is 6. The molecule has 6 heterocycles. The Morgan fingerprint density at radius 2 is 0.484 bits per heavy atom. The van der Waals surface area contributed by atoms with Crippen LogP contribution in [0.4, 0.5) is 34.4 Å². The number of carboxylic acid groups (broad SMARTS) is 6. The first-order chi connectivity index (χ1) is 59.1. The van der Waals surface area contributed by atoms with Crippen molar-refractivity contribution in [2.45, 2.75) is 237 Å². The Kier molecular flexibility index (Phi) is 65.3. The van der Waals surface area contributed by atoms with E-state index < -0.39 is 92.5 Å². The molecule has 27 nitrogen and oxygen atoms in total. The van der Waals surface area contributed by atoms with Gasteiger partial charge in [0.1, 0.15) is 34.1 Å². The number of nitrogens with zero attached hydrogens (tertiary/aromatic N) is 15. The van der Waals surface area contributed by atoms with Crippen LogP contribution < -0.4 is 30.6 Å². The van der Waals surface area contributed by atoms with Crippen molar-refractivity contribution >= 4 is 174 Å². The van der Waals surface area contributed by atoms with E-state index in [0.717, 1.165) is 60.9 Å². The van der Waals surface area contributed by atoms with Crippen LogP contribution in [-0.2, 0) is 58.4 Å². The first-order valence-electron chi connectivity index (χ1n) is 42.6. The summed E-state index contributed by atoms with van der Waals surface area (Å²) in [4.78, 5) is 117. The van der Waals surface area contributed by atoms with E-state index in [1.807, 2.05) is 31.0 Å². The summed E-state index contributed by atoms with van der Waals surface area (Å²) in [6.45, 7) is 45.1. The van der Waals surface area contributed by atoms with Crippen molar-refractivity contribution in [2.75, 3.05) is 78.5 Å². The fourth-order valence-electron chi connectivity index (χ4n) is 13.8. The van der Waals surface area contributed by atoms with Crippen LogP contribution in [0.5, 0.6) is 0 Å². The standard InChI is InChI=1S/2C21H8N6O6S3.3C16H36N.3Ru/c2*28-19(29)9-1-2-22-11(3-9)12-4-10(20(30)31)5-13(26-12)15-16(23-6-34)14(21(32)33)17(24-7-35)18(27-15)25-8-36;3*1-5-9-13-17(14-10-6-2,15-11-7-3)16-12-8-4;;;/h2*1-5H,(H,28,29)(H,30,31)(H,32,33);3*5-16H2,1-4H3;;;/q;;3*+1;2*+2;+4/p-6. The monoisotopic (exact) mass is 2100 g/mol. The molecule has 0 spiro atoms. The third kappa shape index (κ3) is 40.9. The van der Waals surface area contributed by atoms with Crippen molar-refractivity contribution in [3.8, 4) is 45.6 Å². The number of thiocarbonyl (C=S) groups is 6. The number of hydrogen-bond acceptors (Lipinski definition) is 30. The molecule has 0 bridgehead atoms. The number of unbranched alkanes of at least 4 members (excludes halogenated alkanes) is 12. The van der Waals surface area contributed by atoms with Crippen molar-refractivity contribution < 1.29 is 131 Å². The number of aromatic carboxylic acids is 6. The molecule has 0 fully saturated rings. The summed E-state index contributed by atoms with van der Waals surface area (Å²) in [5.74, 6) is -10.7. The van der Waals surface area contributed by atoms with Gasteiger partial charge in [-0.1, -0.05) is 160 Å². The average molecular weight is 2100 g/mol. The number of isothiocyanates is 6. The van der Waals surface area contributed by atoms with E-state index in [1.165, 1.54) is 246 Å². The zero-order valence-corrected chi connectivity index (χ0v) is 84.5. The Balaban J connectivity index is 0. The van der Waals surface area contributed by atoms with E-state index in [4.69, 9.17) is 0 Å². The summed E-state index contributed by atoms with van der Waals surface area (Å²) in [6.07, 6.45) is 35.5. The Morgan fingerprint density at radius 1 is 0.286 bits per heavy atom. The van der Waals surface area contributed by atoms with E-state index in [-0.39, 0.29) is 115 Å². The maximum Gasteiger partial charge on any atom is 4.00 e. The van der Waals surface area contributed by atoms with Gasteiger partial charge in [0, 0.05) is 34.6 Å². The second kappa shape index (κ2) is 68.4. The first kappa shape index (κ1) is 120. The van der Waals surface area contributed by atoms with Gasteiger partial charge in [-0.2, -0.15) is 30.0 Å². The number of pyridine rings is 6. The third-order valence-electron chi connectivity index (χ3n) is 20.6. The van der Waals surface area contributed by atoms with Crippen LogP contribution in [0, 0.1) is 0 Å². The number of carbonyl (C=O) groups is 6. The number of rotatable bonds is 52. The summed E-state index contributed by atoms with van der Waals surface area (Å²) in [6, 6.07) is 8.62. The van der Waals surface area contributed by atoms with Crippen molar-refractivity contribution in [1.29, 1.82) is 0 Å². The molecule has 0 aliphatic rings. The quantitative estimate of drug-likeness (QED) is 0.0148. The zero-order valence-electron chi connectivity index (χ0n) is 74.3. The molecule has 0 saturated heterocycles. The first-order valence-corrected chi connectivity index (χ1v) is 45.0. The Labute approximate surface area is 814 Å². The number of carbonyl (C=O) groups excluding carboxylic acids is 6. The van der Waals surface area contributed by atoms with Crippen molar-refractivity contribution in [3.05, 3.63) is 94.3 Å². The third-order valence-corrected chi connectivity index (χ3v) is 21.1. The number of carboxylic acids is 6. The molecule has 0 radical (unpaired) electrons. The van der Waals surface area contributed by atoms with E-state index in [2.05, 4.69) is 216 Å². The molecule has 0 unspecified atom stereocenters. The molecule has 6 aromatic rings. The Hall–Kier alpha value is -7.73. The molecule has 36 heteroatoms. The molecule has 0 N–H and O–H groups in total. The molecular formula is C90H118N15O12Ru3S6+5. The van der Waals surface area contributed by atoms with E-state index in [9.17, 15) is 59.4 Å². The maximum atomic E-state index is 12.0. The molecule has 0 saturated carbocycles. The van der Waals surface area contributed by atoms with Crippen LogP contribution in [0.1, 0.15) is 299 Å². The minimum atomic E-state index is -1.80. The molecule has 0 amide bonds. The van der Waals surface area contributed by atoms with Crippen LogP contribution in [0.15, 0.2) is 90.9 Å². The minimum absolute atomic E-state index is 0. The normalized spacial score (nSPS) is 10.4. The topological polar surface area (TPSA) is 392 Å². The van der Waals surface area contributed by atoms with Gasteiger partial charge in [0.25, 0.3) is 0 Å². The summed E-state index contributed by atoms with van der Waals surface area (Å²) in [5, 5.41) is 82.0. The van der Waals surface area contributed by atoms with Gasteiger partial charge in [0.15, 0.2) is 11.6 Å². The number of aromatic nitrogens is 6. The van der Waals surface area contributed by atoms with Crippen LogP contribution in [0.2, 0.25) is 0 Å². The summed E-state index contributed by atoms with van der Waals surface area (Å²) >= 11 is 27.5. The van der Waals surface area contributed by atoms with Crippen LogP contribution in [-0.4, -0.2) is 189 Å². The molecule has 0 aliphatic carbocycles. The van der Waals surface area contributed by atoms with Gasteiger partial charge >= 0.3 is 58.4 Å². The molecule has 680 valence electrons. The molecular weight excluding hydrogens is 1980 g/mol. The summed E-state index contributed by atoms with van der Waals surface area (Å²) < 4.78 is 4.26. The maximum absolute atomic E-state index is 12.0. The predicted octanol–water partition coefficient (Wildman–Crippen LogP) is 16.0. The Bertz CT molecular complexity index is 4330. The van der Waals surface area contributed by atoms with Crippen molar-refractivity contribution in [2.24, 2.45) is 30.0 Å². The second-order valence-corrected chi connectivity index (χ2v) is 30.8.